The molecule has 3 nitrogen and oxygen atoms in total. The molecular formula is C11H11BrF2O3. The van der Waals surface area contributed by atoms with Crippen LogP contribution in [0.1, 0.15) is 25.5 Å². The van der Waals surface area contributed by atoms with E-state index in [-0.39, 0.29) is 15.8 Å². The Kier molecular flexibility index (Phi) is 4.45. The Morgan fingerprint density at radius 2 is 2.06 bits per heavy atom. The van der Waals surface area contributed by atoms with Gasteiger partial charge in [0, 0.05) is 12.5 Å². The lowest BCUT2D eigenvalue weighted by Gasteiger charge is -2.15. The maximum Gasteiger partial charge on any atom is 0.303 e. The van der Waals surface area contributed by atoms with Gasteiger partial charge in [-0.15, -0.1) is 0 Å². The molecule has 0 radical (unpaired) electrons. The van der Waals surface area contributed by atoms with Crippen LogP contribution in [0, 0.1) is 11.6 Å². The summed E-state index contributed by atoms with van der Waals surface area (Å²) in [4.78, 5) is 10.8. The fourth-order valence-corrected chi connectivity index (χ4v) is 1.97. The summed E-state index contributed by atoms with van der Waals surface area (Å²) in [6.07, 6.45) is -0.871. The van der Waals surface area contributed by atoms with E-state index in [1.807, 2.05) is 0 Å². The first kappa shape index (κ1) is 13.9. The number of rotatable bonds is 3. The zero-order valence-corrected chi connectivity index (χ0v) is 11.1. The fourth-order valence-electron chi connectivity index (χ4n) is 1.39. The Morgan fingerprint density at radius 3 is 2.53 bits per heavy atom. The van der Waals surface area contributed by atoms with Crippen LogP contribution in [-0.2, 0) is 9.53 Å². The van der Waals surface area contributed by atoms with E-state index in [1.165, 1.54) is 21.0 Å². The Labute approximate surface area is 106 Å². The van der Waals surface area contributed by atoms with Crippen LogP contribution in [0.3, 0.4) is 0 Å². The van der Waals surface area contributed by atoms with Crippen molar-refractivity contribution in [2.24, 2.45) is 0 Å². The van der Waals surface area contributed by atoms with Crippen molar-refractivity contribution < 1.29 is 23.0 Å². The molecule has 0 aromatic heterocycles. The third-order valence-corrected chi connectivity index (χ3v) is 2.84. The van der Waals surface area contributed by atoms with Gasteiger partial charge in [-0.25, -0.2) is 8.78 Å². The van der Waals surface area contributed by atoms with Crippen molar-refractivity contribution in [3.63, 3.8) is 0 Å². The Balaban J connectivity index is 3.22. The summed E-state index contributed by atoms with van der Waals surface area (Å²) in [6, 6.07) is 0.951. The molecule has 17 heavy (non-hydrogen) atoms. The molecule has 0 amide bonds. The third-order valence-electron chi connectivity index (χ3n) is 2.13. The summed E-state index contributed by atoms with van der Waals surface area (Å²) in [6.45, 7) is 2.65. The van der Waals surface area contributed by atoms with Crippen molar-refractivity contribution in [2.45, 2.75) is 20.0 Å². The van der Waals surface area contributed by atoms with Crippen molar-refractivity contribution in [3.8, 4) is 5.75 Å². The zero-order chi connectivity index (χ0) is 13.2. The molecule has 0 saturated carbocycles. The van der Waals surface area contributed by atoms with E-state index in [4.69, 9.17) is 9.47 Å². The number of methoxy groups -OCH3 is 1. The van der Waals surface area contributed by atoms with Crippen LogP contribution in [0.25, 0.3) is 0 Å². The quantitative estimate of drug-likeness (QED) is 0.634. The van der Waals surface area contributed by atoms with E-state index in [1.54, 1.807) is 0 Å². The summed E-state index contributed by atoms with van der Waals surface area (Å²) < 4.78 is 36.7. The highest BCUT2D eigenvalue weighted by molar-refractivity contribution is 9.10. The highest BCUT2D eigenvalue weighted by atomic mass is 79.9. The monoisotopic (exact) mass is 308 g/mol. The number of ether oxygens (including phenoxy) is 2. The molecule has 0 aliphatic carbocycles. The molecule has 1 aromatic carbocycles. The van der Waals surface area contributed by atoms with Crippen LogP contribution in [0.2, 0.25) is 0 Å². The predicted octanol–water partition coefficient (Wildman–Crippen LogP) is 3.36. The smallest absolute Gasteiger partial charge is 0.303 e. The van der Waals surface area contributed by atoms with Crippen molar-refractivity contribution in [3.05, 3.63) is 27.7 Å². The molecule has 0 spiro atoms. The summed E-state index contributed by atoms with van der Waals surface area (Å²) >= 11 is 2.90. The van der Waals surface area contributed by atoms with Gasteiger partial charge >= 0.3 is 5.97 Å². The Bertz CT molecular complexity index is 449. The van der Waals surface area contributed by atoms with Gasteiger partial charge in [-0.2, -0.15) is 0 Å². The lowest BCUT2D eigenvalue weighted by Crippen LogP contribution is -2.08. The van der Waals surface area contributed by atoms with Crippen LogP contribution >= 0.6 is 15.9 Å². The molecular weight excluding hydrogens is 298 g/mol. The van der Waals surface area contributed by atoms with Gasteiger partial charge < -0.3 is 9.47 Å². The lowest BCUT2D eigenvalue weighted by molar-refractivity contribution is -0.145. The molecule has 1 aromatic rings. The molecule has 94 valence electrons. The van der Waals surface area contributed by atoms with Crippen LogP contribution in [0.5, 0.6) is 5.75 Å². The molecule has 1 unspecified atom stereocenters. The second kappa shape index (κ2) is 5.44. The Morgan fingerprint density at radius 1 is 1.47 bits per heavy atom. The van der Waals surface area contributed by atoms with Gasteiger partial charge in [-0.1, -0.05) is 0 Å². The van der Waals surface area contributed by atoms with E-state index in [9.17, 15) is 13.6 Å². The predicted molar refractivity (Wildman–Crippen MR) is 60.8 cm³/mol. The molecule has 1 atom stereocenters. The number of hydrogen-bond acceptors (Lipinski definition) is 3. The highest BCUT2D eigenvalue weighted by Gasteiger charge is 2.22. The number of carbonyl (C=O) groups is 1. The topological polar surface area (TPSA) is 35.5 Å². The maximum atomic E-state index is 13.8. The minimum absolute atomic E-state index is 0.0506. The second-order valence-electron chi connectivity index (χ2n) is 3.36. The Hall–Kier alpha value is -1.17. The van der Waals surface area contributed by atoms with Crippen molar-refractivity contribution in [1.82, 2.24) is 0 Å². The van der Waals surface area contributed by atoms with Crippen LogP contribution < -0.4 is 4.74 Å². The van der Waals surface area contributed by atoms with Gasteiger partial charge in [0.2, 0.25) is 0 Å². The van der Waals surface area contributed by atoms with Gasteiger partial charge in [0.05, 0.1) is 11.6 Å². The largest absolute Gasteiger partial charge is 0.492 e. The number of carbonyl (C=O) groups excluding carboxylic acids is 1. The van der Waals surface area contributed by atoms with Gasteiger partial charge in [-0.05, 0) is 28.9 Å². The number of hydrogen-bond donors (Lipinski definition) is 0. The van der Waals surface area contributed by atoms with E-state index in [0.29, 0.717) is 0 Å². The molecule has 0 aliphatic heterocycles. The SMILES string of the molecule is COc1c(F)cc(C(C)OC(C)=O)c(F)c1Br. The van der Waals surface area contributed by atoms with Crippen LogP contribution in [0.4, 0.5) is 8.78 Å². The second-order valence-corrected chi connectivity index (χ2v) is 4.15. The first-order chi connectivity index (χ1) is 7.88. The lowest BCUT2D eigenvalue weighted by atomic mass is 10.1. The van der Waals surface area contributed by atoms with Crippen molar-refractivity contribution in [1.29, 1.82) is 0 Å². The van der Waals surface area contributed by atoms with E-state index in [0.717, 1.165) is 6.07 Å². The number of esters is 1. The molecule has 0 saturated heterocycles. The number of halogens is 3. The minimum Gasteiger partial charge on any atom is -0.492 e. The molecule has 0 heterocycles. The average molecular weight is 309 g/mol. The standard InChI is InChI=1S/C11H11BrF2O3/c1-5(17-6(2)15)7-4-8(13)11(16-3)9(12)10(7)14/h4-5H,1-3H3. The molecule has 6 heteroatoms. The highest BCUT2D eigenvalue weighted by Crippen LogP contribution is 2.35. The van der Waals surface area contributed by atoms with Gasteiger partial charge in [-0.3, -0.25) is 4.79 Å². The normalized spacial score (nSPS) is 12.1. The number of benzene rings is 1. The fraction of sp³-hybridized carbons (Fsp3) is 0.364. The van der Waals surface area contributed by atoms with E-state index < -0.39 is 23.7 Å². The first-order valence-electron chi connectivity index (χ1n) is 4.77. The summed E-state index contributed by atoms with van der Waals surface area (Å²) in [7, 11) is 1.23. The minimum atomic E-state index is -0.871. The van der Waals surface area contributed by atoms with Crippen molar-refractivity contribution in [2.75, 3.05) is 7.11 Å². The van der Waals surface area contributed by atoms with Crippen LogP contribution in [0.15, 0.2) is 10.5 Å². The summed E-state index contributed by atoms with van der Waals surface area (Å²) in [5.74, 6) is -2.22. The van der Waals surface area contributed by atoms with Crippen molar-refractivity contribution >= 4 is 21.9 Å². The van der Waals surface area contributed by atoms with Gasteiger partial charge in [0.25, 0.3) is 0 Å². The molecule has 1 rings (SSSR count). The van der Waals surface area contributed by atoms with Gasteiger partial charge in [0.15, 0.2) is 11.6 Å². The molecule has 0 bridgehead atoms. The molecule has 0 fully saturated rings. The molecule has 0 N–H and O–H groups in total. The maximum absolute atomic E-state index is 13.8. The first-order valence-corrected chi connectivity index (χ1v) is 5.56. The van der Waals surface area contributed by atoms with E-state index >= 15 is 0 Å². The average Bonchev–Trinajstić information content (AvgIpc) is 2.23. The zero-order valence-electron chi connectivity index (χ0n) is 9.51. The third kappa shape index (κ3) is 2.94. The van der Waals surface area contributed by atoms with Crippen LogP contribution in [-0.4, -0.2) is 13.1 Å². The molecule has 0 aliphatic rings. The van der Waals surface area contributed by atoms with Gasteiger partial charge in [0.1, 0.15) is 11.9 Å². The summed E-state index contributed by atoms with van der Waals surface area (Å²) in [5.41, 5.74) is -0.0506. The summed E-state index contributed by atoms with van der Waals surface area (Å²) in [5, 5.41) is 0. The van der Waals surface area contributed by atoms with E-state index in [2.05, 4.69) is 15.9 Å².